The molecule has 32 heavy (non-hydrogen) atoms. The minimum absolute atomic E-state index is 0.0196. The predicted octanol–water partition coefficient (Wildman–Crippen LogP) is 4.93. The molecule has 170 valence electrons. The van der Waals surface area contributed by atoms with Crippen molar-refractivity contribution < 1.29 is 14.0 Å². The number of carbonyl (C=O) groups excluding carboxylic acids is 2. The second-order valence-corrected chi connectivity index (χ2v) is 13.5. The van der Waals surface area contributed by atoms with Gasteiger partial charge in [-0.25, -0.2) is 4.39 Å². The monoisotopic (exact) mass is 476 g/mol. The maximum atomic E-state index is 15.4. The zero-order chi connectivity index (χ0) is 23.1. The molecule has 3 atom stereocenters. The predicted molar refractivity (Wildman–Crippen MR) is 129 cm³/mol. The molecule has 2 aromatic carbocycles. The lowest BCUT2D eigenvalue weighted by Crippen LogP contribution is -2.41. The Bertz CT molecular complexity index is 1060. The fraction of sp³-hybridized carbons (Fsp3) is 0.417. The fourth-order valence-electron chi connectivity index (χ4n) is 5.86. The maximum Gasteiger partial charge on any atom is 0.238 e. The zero-order valence-corrected chi connectivity index (χ0v) is 20.0. The van der Waals surface area contributed by atoms with Gasteiger partial charge in [0.05, 0.1) is 30.7 Å². The molecule has 5 nitrogen and oxygen atoms in total. The summed E-state index contributed by atoms with van der Waals surface area (Å²) in [5, 5.41) is 5.93. The number of benzene rings is 2. The van der Waals surface area contributed by atoms with Crippen LogP contribution < -0.4 is 16.1 Å². The van der Waals surface area contributed by atoms with Gasteiger partial charge in [0, 0.05) is 11.3 Å². The normalized spacial score (nSPS) is 26.8. The number of carbonyl (C=O) groups is 2. The number of nitrogens with one attached hydrogen (secondary N) is 2. The molecule has 2 amide bonds. The number of rotatable bonds is 5. The molecule has 0 radical (unpaired) electrons. The number of hydrogen-bond acceptors (Lipinski definition) is 3. The van der Waals surface area contributed by atoms with E-state index < -0.39 is 36.3 Å². The molecule has 4 rings (SSSR count). The van der Waals surface area contributed by atoms with Crippen LogP contribution in [0.4, 0.5) is 10.1 Å². The van der Waals surface area contributed by atoms with E-state index in [1.54, 1.807) is 12.1 Å². The van der Waals surface area contributed by atoms with Gasteiger partial charge in [-0.15, -0.1) is 0 Å². The Kier molecular flexibility index (Phi) is 6.32. The molecule has 4 N–H and O–H groups in total. The van der Waals surface area contributed by atoms with Gasteiger partial charge in [0.1, 0.15) is 17.0 Å². The highest BCUT2D eigenvalue weighted by molar-refractivity contribution is 7.75. The van der Waals surface area contributed by atoms with E-state index in [0.717, 1.165) is 42.7 Å². The Morgan fingerprint density at radius 2 is 2.00 bits per heavy atom. The zero-order valence-electron chi connectivity index (χ0n) is 18.3. The summed E-state index contributed by atoms with van der Waals surface area (Å²) in [6.45, 7) is 4.08. The minimum Gasteiger partial charge on any atom is -0.368 e. The van der Waals surface area contributed by atoms with Crippen LogP contribution in [0.3, 0.4) is 0 Å². The number of primary amides is 1. The van der Waals surface area contributed by atoms with Crippen LogP contribution in [-0.2, 0) is 14.7 Å². The van der Waals surface area contributed by atoms with Crippen molar-refractivity contribution in [2.24, 2.45) is 5.73 Å². The summed E-state index contributed by atoms with van der Waals surface area (Å²) in [5.74, 6) is -1.58. The van der Waals surface area contributed by atoms with Gasteiger partial charge in [0.15, 0.2) is 0 Å². The summed E-state index contributed by atoms with van der Waals surface area (Å²) in [6, 6.07) is 10.1. The van der Waals surface area contributed by atoms with Crippen molar-refractivity contribution in [3.05, 3.63) is 63.9 Å². The highest BCUT2D eigenvalue weighted by Gasteiger charge is 2.70. The minimum atomic E-state index is -2.03. The summed E-state index contributed by atoms with van der Waals surface area (Å²) in [4.78, 5) is 24.2. The van der Waals surface area contributed by atoms with E-state index in [4.69, 9.17) is 17.3 Å². The molecule has 8 heteroatoms. The third-order valence-electron chi connectivity index (χ3n) is 7.35. The Morgan fingerprint density at radius 1 is 1.28 bits per heavy atom. The molecule has 1 unspecified atom stereocenters. The van der Waals surface area contributed by atoms with Crippen molar-refractivity contribution in [3.63, 3.8) is 0 Å². The standard InChI is InChI=1S/C24H28ClFN3O2P/c1-15-9-10-17(19(13-15)28-14-30)24(2)20(16-7-6-8-18(25)21(16)26)22(23(27)31)29-32(24)11-4-3-5-12-32/h6-10,13-14,20,22,29H,3-5,11-12H2,1-2H3,(H2-,27,28,30,31)/p+1/t20-,22?,24+/m0/s1. The molecule has 2 aliphatic rings. The lowest BCUT2D eigenvalue weighted by Gasteiger charge is -2.42. The number of halogens is 2. The molecule has 1 spiro atoms. The molecule has 2 fully saturated rings. The summed E-state index contributed by atoms with van der Waals surface area (Å²) in [6.07, 6.45) is 5.73. The first-order chi connectivity index (χ1) is 15.2. The Labute approximate surface area is 193 Å². The summed E-state index contributed by atoms with van der Waals surface area (Å²) in [5.41, 5.74) is 8.89. The van der Waals surface area contributed by atoms with E-state index in [1.807, 2.05) is 25.1 Å². The molecule has 2 aliphatic heterocycles. The van der Waals surface area contributed by atoms with Crippen LogP contribution in [0.15, 0.2) is 36.4 Å². The summed E-state index contributed by atoms with van der Waals surface area (Å²) in [7, 11) is -2.03. The maximum absolute atomic E-state index is 15.4. The van der Waals surface area contributed by atoms with Crippen LogP contribution in [0.25, 0.3) is 0 Å². The van der Waals surface area contributed by atoms with Gasteiger partial charge < -0.3 is 11.1 Å². The second-order valence-electron chi connectivity index (χ2n) is 9.06. The Hall–Kier alpha value is -2.01. The van der Waals surface area contributed by atoms with Gasteiger partial charge in [-0.05, 0) is 56.4 Å². The Balaban J connectivity index is 2.04. The van der Waals surface area contributed by atoms with E-state index in [9.17, 15) is 9.59 Å². The van der Waals surface area contributed by atoms with Gasteiger partial charge >= 0.3 is 0 Å². The number of anilines is 1. The van der Waals surface area contributed by atoms with Crippen molar-refractivity contribution in [1.82, 2.24) is 5.09 Å². The summed E-state index contributed by atoms with van der Waals surface area (Å²) < 4.78 is 15.4. The third-order valence-corrected chi connectivity index (χ3v) is 12.9. The SMILES string of the molecule is Cc1ccc([C@]2(C)[C@@H](c3cccc(Cl)c3F)C(C(N)=O)N[P+]23CCCCC3)c(NC=O)c1. The molecule has 0 aromatic heterocycles. The highest BCUT2D eigenvalue weighted by atomic mass is 35.5. The molecule has 0 saturated carbocycles. The van der Waals surface area contributed by atoms with Crippen LogP contribution in [-0.4, -0.2) is 30.7 Å². The van der Waals surface area contributed by atoms with Gasteiger partial charge in [0.2, 0.25) is 12.3 Å². The van der Waals surface area contributed by atoms with Crippen LogP contribution in [0, 0.1) is 12.7 Å². The second kappa shape index (κ2) is 8.74. The quantitative estimate of drug-likeness (QED) is 0.422. The van der Waals surface area contributed by atoms with Gasteiger partial charge in [-0.3, -0.25) is 9.59 Å². The van der Waals surface area contributed by atoms with Crippen molar-refractivity contribution in [2.75, 3.05) is 17.6 Å². The molecule has 2 heterocycles. The van der Waals surface area contributed by atoms with Gasteiger partial charge in [0.25, 0.3) is 0 Å². The molecule has 2 aromatic rings. The average Bonchev–Trinajstić information content (AvgIpc) is 3.00. The Morgan fingerprint density at radius 3 is 2.66 bits per heavy atom. The largest absolute Gasteiger partial charge is 0.368 e. The fourth-order valence-corrected chi connectivity index (χ4v) is 11.5. The lowest BCUT2D eigenvalue weighted by atomic mass is 9.76. The summed E-state index contributed by atoms with van der Waals surface area (Å²) >= 11 is 6.18. The smallest absolute Gasteiger partial charge is 0.238 e. The number of nitrogens with two attached hydrogens (primary N) is 1. The van der Waals surface area contributed by atoms with Crippen molar-refractivity contribution in [1.29, 1.82) is 0 Å². The van der Waals surface area contributed by atoms with Crippen LogP contribution in [0.1, 0.15) is 48.8 Å². The van der Waals surface area contributed by atoms with Gasteiger partial charge in [-0.2, -0.15) is 5.09 Å². The first-order valence-corrected chi connectivity index (χ1v) is 13.5. The van der Waals surface area contributed by atoms with Crippen molar-refractivity contribution in [2.45, 2.75) is 50.2 Å². The molecular weight excluding hydrogens is 448 g/mol. The van der Waals surface area contributed by atoms with Gasteiger partial charge in [-0.1, -0.05) is 35.9 Å². The average molecular weight is 477 g/mol. The number of hydrogen-bond donors (Lipinski definition) is 3. The lowest BCUT2D eigenvalue weighted by molar-refractivity contribution is -0.120. The van der Waals surface area contributed by atoms with Crippen molar-refractivity contribution in [3.8, 4) is 0 Å². The molecule has 2 saturated heterocycles. The van der Waals surface area contributed by atoms with Crippen LogP contribution in [0.5, 0.6) is 0 Å². The third kappa shape index (κ3) is 3.53. The van der Waals surface area contributed by atoms with Crippen molar-refractivity contribution >= 4 is 37.0 Å². The van der Waals surface area contributed by atoms with Crippen LogP contribution >= 0.6 is 19.0 Å². The van der Waals surface area contributed by atoms with E-state index >= 15 is 4.39 Å². The van der Waals surface area contributed by atoms with E-state index in [-0.39, 0.29) is 5.02 Å². The number of amides is 2. The first kappa shape index (κ1) is 23.2. The molecular formula is C24H29ClFN3O2P+. The van der Waals surface area contributed by atoms with E-state index in [2.05, 4.69) is 17.3 Å². The number of aryl methyl sites for hydroxylation is 1. The topological polar surface area (TPSA) is 84.2 Å². The van der Waals surface area contributed by atoms with E-state index in [0.29, 0.717) is 17.7 Å². The first-order valence-electron chi connectivity index (χ1n) is 10.9. The molecule has 0 bridgehead atoms. The van der Waals surface area contributed by atoms with Crippen LogP contribution in [0.2, 0.25) is 5.02 Å². The van der Waals surface area contributed by atoms with E-state index in [1.165, 1.54) is 6.07 Å². The molecule has 0 aliphatic carbocycles. The highest BCUT2D eigenvalue weighted by Crippen LogP contribution is 2.81.